The van der Waals surface area contributed by atoms with Crippen molar-refractivity contribution in [2.75, 3.05) is 6.61 Å². The van der Waals surface area contributed by atoms with Crippen LogP contribution in [0.5, 0.6) is 5.88 Å². The minimum absolute atomic E-state index is 0.0560. The predicted molar refractivity (Wildman–Crippen MR) is 171 cm³/mol. The van der Waals surface area contributed by atoms with Crippen molar-refractivity contribution in [3.05, 3.63) is 77.5 Å². The Labute approximate surface area is 279 Å². The lowest BCUT2D eigenvalue weighted by Crippen LogP contribution is -2.61. The van der Waals surface area contributed by atoms with Crippen molar-refractivity contribution in [3.8, 4) is 11.6 Å². The first-order chi connectivity index (χ1) is 22.9. The summed E-state index contributed by atoms with van der Waals surface area (Å²) in [6.45, 7) is 4.19. The highest BCUT2D eigenvalue weighted by Gasteiger charge is 2.53. The molecule has 5 rings (SSSR count). The number of hydrogen-bond acceptors (Lipinski definition) is 13. The Balaban J connectivity index is 1.63. The maximum absolute atomic E-state index is 13.0. The number of benzene rings is 2. The summed E-state index contributed by atoms with van der Waals surface area (Å²) in [7, 11) is 0. The van der Waals surface area contributed by atoms with Gasteiger partial charge in [0.1, 0.15) is 18.4 Å². The number of imidazole rings is 1. The molecule has 1 fully saturated rings. The normalized spacial score (nSPS) is 22.5. The van der Waals surface area contributed by atoms with Crippen LogP contribution in [-0.4, -0.2) is 80.8 Å². The zero-order valence-electron chi connectivity index (χ0n) is 26.4. The van der Waals surface area contributed by atoms with Gasteiger partial charge in [-0.3, -0.25) is 28.5 Å². The molecule has 14 heteroatoms. The lowest BCUT2D eigenvalue weighted by atomic mass is 9.91. The number of fused-ring (bicyclic) bond motifs is 1. The van der Waals surface area contributed by atoms with E-state index >= 15 is 0 Å². The monoisotopic (exact) mass is 676 g/mol. The zero-order valence-corrected chi connectivity index (χ0v) is 27.2. The van der Waals surface area contributed by atoms with Gasteiger partial charge in [0, 0.05) is 33.3 Å². The topological polar surface area (TPSA) is 170 Å². The number of hydrogen-bond donors (Lipinski definition) is 1. The number of rotatable bonds is 9. The van der Waals surface area contributed by atoms with Crippen LogP contribution in [0.3, 0.4) is 0 Å². The average molecular weight is 677 g/mol. The number of aromatic hydroxyl groups is 1. The molecule has 1 aliphatic carbocycles. The zero-order chi connectivity index (χ0) is 34.5. The van der Waals surface area contributed by atoms with E-state index in [2.05, 4.69) is 4.98 Å². The summed E-state index contributed by atoms with van der Waals surface area (Å²) in [6, 6.07) is 16.0. The first-order valence-corrected chi connectivity index (χ1v) is 15.7. The maximum Gasteiger partial charge on any atom is 0.303 e. The summed E-state index contributed by atoms with van der Waals surface area (Å²) in [6.07, 6.45) is -0.631. The van der Waals surface area contributed by atoms with Crippen molar-refractivity contribution < 1.29 is 52.8 Å². The van der Waals surface area contributed by atoms with E-state index in [0.29, 0.717) is 16.8 Å². The fourth-order valence-corrected chi connectivity index (χ4v) is 6.54. The van der Waals surface area contributed by atoms with Gasteiger partial charge in [-0.05, 0) is 35.4 Å². The van der Waals surface area contributed by atoms with Crippen molar-refractivity contribution in [2.24, 2.45) is 0 Å². The molecule has 250 valence electrons. The quantitative estimate of drug-likeness (QED) is 0.197. The molecular formula is C34H32N2O11S. The Kier molecular flexibility index (Phi) is 10.4. The smallest absolute Gasteiger partial charge is 0.303 e. The van der Waals surface area contributed by atoms with Crippen LogP contribution in [-0.2, 0) is 47.7 Å². The number of allylic oxidation sites excluding steroid dienone is 2. The summed E-state index contributed by atoms with van der Waals surface area (Å²) in [5.74, 6) is -3.51. The van der Waals surface area contributed by atoms with Gasteiger partial charge in [-0.1, -0.05) is 60.3 Å². The van der Waals surface area contributed by atoms with E-state index in [1.165, 1.54) is 23.6 Å². The van der Waals surface area contributed by atoms with E-state index in [1.54, 1.807) is 48.5 Å². The number of esters is 4. The van der Waals surface area contributed by atoms with Gasteiger partial charge in [-0.15, -0.1) is 0 Å². The van der Waals surface area contributed by atoms with Crippen molar-refractivity contribution in [2.45, 2.75) is 62.7 Å². The lowest BCUT2D eigenvalue weighted by Gasteiger charge is -2.44. The van der Waals surface area contributed by atoms with Crippen molar-refractivity contribution in [1.82, 2.24) is 9.55 Å². The SMILES string of the molecule is CC(=O)OC[C@H]1O[C@@H](Sc2nc(/C=C3\C(=O)C=Cc4ccccc43)c(O)n2-c2ccccc2)[C@H](OC(C)=O)[C@@H](OC(C)=O)[C@H]1OC(C)=O. The summed E-state index contributed by atoms with van der Waals surface area (Å²) < 4.78 is 29.5. The van der Waals surface area contributed by atoms with Crippen LogP contribution >= 0.6 is 11.8 Å². The Morgan fingerprint density at radius 1 is 0.854 bits per heavy atom. The number of carbonyl (C=O) groups excluding carboxylic acids is 5. The lowest BCUT2D eigenvalue weighted by molar-refractivity contribution is -0.237. The standard InChI is InChI=1S/C34H32N2O11S/c1-18(37)43-17-28-29(44-19(2)38)30(45-20(3)39)31(46-21(4)40)33(47-28)48-34-35-26(32(42)36(34)23-11-6-5-7-12-23)16-25-24-13-9-8-10-22(24)14-15-27(25)41/h5-16,28-31,33,42H,17H2,1-4H3/b25-16-/t28-,29+,30+,31-,33+/m1/s1. The number of ether oxygens (including phenoxy) is 5. The van der Waals surface area contributed by atoms with Gasteiger partial charge in [-0.2, -0.15) is 0 Å². The summed E-state index contributed by atoms with van der Waals surface area (Å²) in [5, 5.41) is 11.7. The van der Waals surface area contributed by atoms with Gasteiger partial charge in [0.2, 0.25) is 5.88 Å². The van der Waals surface area contributed by atoms with Gasteiger partial charge in [0.25, 0.3) is 0 Å². The van der Waals surface area contributed by atoms with Crippen molar-refractivity contribution in [3.63, 3.8) is 0 Å². The van der Waals surface area contributed by atoms with Gasteiger partial charge in [-0.25, -0.2) is 4.98 Å². The summed E-state index contributed by atoms with van der Waals surface area (Å²) in [5.41, 5.74) is 1.13. The maximum atomic E-state index is 13.0. The minimum atomic E-state index is -1.39. The molecule has 0 unspecified atom stereocenters. The highest BCUT2D eigenvalue weighted by Crippen LogP contribution is 2.41. The highest BCUT2D eigenvalue weighted by molar-refractivity contribution is 7.99. The number of thioether (sulfide) groups is 1. The van der Waals surface area contributed by atoms with E-state index in [0.717, 1.165) is 38.1 Å². The van der Waals surface area contributed by atoms with Gasteiger partial charge < -0.3 is 28.8 Å². The molecule has 1 aromatic heterocycles. The largest absolute Gasteiger partial charge is 0.493 e. The van der Waals surface area contributed by atoms with Crippen molar-refractivity contribution in [1.29, 1.82) is 0 Å². The van der Waals surface area contributed by atoms with Crippen molar-refractivity contribution >= 4 is 59.1 Å². The van der Waals surface area contributed by atoms with Gasteiger partial charge in [0.05, 0.1) is 5.69 Å². The van der Waals surface area contributed by atoms with Crippen LogP contribution in [0.1, 0.15) is 44.5 Å². The number of carbonyl (C=O) groups is 5. The molecule has 2 heterocycles. The molecule has 2 aromatic carbocycles. The molecule has 13 nitrogen and oxygen atoms in total. The van der Waals surface area contributed by atoms with E-state index in [4.69, 9.17) is 23.7 Å². The van der Waals surface area contributed by atoms with Crippen LogP contribution in [0, 0.1) is 0 Å². The van der Waals surface area contributed by atoms with E-state index in [9.17, 15) is 29.1 Å². The molecule has 3 aromatic rings. The van der Waals surface area contributed by atoms with Crippen LogP contribution < -0.4 is 0 Å². The number of aromatic nitrogens is 2. The fourth-order valence-electron chi connectivity index (χ4n) is 5.34. The predicted octanol–water partition coefficient (Wildman–Crippen LogP) is 3.89. The molecule has 5 atom stereocenters. The molecule has 1 saturated heterocycles. The van der Waals surface area contributed by atoms with Gasteiger partial charge in [0.15, 0.2) is 34.7 Å². The first-order valence-electron chi connectivity index (χ1n) is 14.8. The molecule has 1 aliphatic heterocycles. The third-order valence-corrected chi connectivity index (χ3v) is 8.34. The highest BCUT2D eigenvalue weighted by atomic mass is 32.2. The number of para-hydroxylation sites is 1. The molecule has 0 saturated carbocycles. The van der Waals surface area contributed by atoms with Crippen LogP contribution in [0.25, 0.3) is 23.4 Å². The minimum Gasteiger partial charge on any atom is -0.493 e. The molecular weight excluding hydrogens is 644 g/mol. The van der Waals surface area contributed by atoms with Crippen LogP contribution in [0.15, 0.2) is 65.8 Å². The second kappa shape index (κ2) is 14.7. The third-order valence-electron chi connectivity index (χ3n) is 7.24. The van der Waals surface area contributed by atoms with Crippen LogP contribution in [0.4, 0.5) is 0 Å². The van der Waals surface area contributed by atoms with Gasteiger partial charge >= 0.3 is 23.9 Å². The Morgan fingerprint density at radius 3 is 2.15 bits per heavy atom. The molecule has 2 aliphatic rings. The number of ketones is 1. The molecule has 0 amide bonds. The van der Waals surface area contributed by atoms with Crippen LogP contribution in [0.2, 0.25) is 0 Å². The molecule has 48 heavy (non-hydrogen) atoms. The molecule has 1 N–H and O–H groups in total. The Morgan fingerprint density at radius 2 is 1.48 bits per heavy atom. The Hall–Kier alpha value is -5.21. The second-order valence-corrected chi connectivity index (χ2v) is 11.9. The van der Waals surface area contributed by atoms with E-state index in [-0.39, 0.29) is 22.5 Å². The fraction of sp³-hybridized carbons (Fsp3) is 0.294. The first kappa shape index (κ1) is 34.1. The third kappa shape index (κ3) is 7.66. The Bertz CT molecular complexity index is 1800. The number of nitrogens with zero attached hydrogens (tertiary/aromatic N) is 2. The summed E-state index contributed by atoms with van der Waals surface area (Å²) >= 11 is 0.901. The molecule has 0 spiro atoms. The summed E-state index contributed by atoms with van der Waals surface area (Å²) in [4.78, 5) is 66.2. The average Bonchev–Trinajstić information content (AvgIpc) is 3.34. The molecule has 0 radical (unpaired) electrons. The second-order valence-electron chi connectivity index (χ2n) is 10.8. The van der Waals surface area contributed by atoms with E-state index < -0.39 is 60.3 Å². The molecule has 0 bridgehead atoms. The van der Waals surface area contributed by atoms with E-state index in [1.807, 2.05) is 12.1 Å².